The van der Waals surface area contributed by atoms with Crippen LogP contribution < -0.4 is 10.2 Å². The number of nitrogens with one attached hydrogen (secondary N) is 1. The van der Waals surface area contributed by atoms with Crippen molar-refractivity contribution in [1.29, 1.82) is 0 Å². The number of hydrogen-bond acceptors (Lipinski definition) is 3. The molecule has 0 unspecified atom stereocenters. The van der Waals surface area contributed by atoms with Gasteiger partial charge >= 0.3 is 0 Å². The second-order valence-corrected chi connectivity index (χ2v) is 7.57. The Morgan fingerprint density at radius 1 is 1.04 bits per heavy atom. The number of fused-ring (bicyclic) bond motifs is 1. The number of hydrogen-bond donors (Lipinski definition) is 1. The molecule has 0 saturated heterocycles. The van der Waals surface area contributed by atoms with Gasteiger partial charge in [-0.2, -0.15) is 0 Å². The fourth-order valence-electron chi connectivity index (χ4n) is 3.75. The van der Waals surface area contributed by atoms with Gasteiger partial charge in [0.05, 0.1) is 17.4 Å². The molecular formula is C24H25N3O. The van der Waals surface area contributed by atoms with Crippen LogP contribution in [0.3, 0.4) is 0 Å². The number of nitrogens with zero attached hydrogens (tertiary/aromatic N) is 2. The maximum atomic E-state index is 12.9. The van der Waals surface area contributed by atoms with Crippen LogP contribution in [-0.2, 0) is 13.0 Å². The summed E-state index contributed by atoms with van der Waals surface area (Å²) in [5, 5.41) is 3.06. The van der Waals surface area contributed by atoms with Gasteiger partial charge in [-0.05, 0) is 41.2 Å². The van der Waals surface area contributed by atoms with Crippen LogP contribution in [-0.4, -0.2) is 17.4 Å². The van der Waals surface area contributed by atoms with Gasteiger partial charge in [-0.3, -0.25) is 9.78 Å². The highest BCUT2D eigenvalue weighted by molar-refractivity contribution is 6.05. The van der Waals surface area contributed by atoms with E-state index in [-0.39, 0.29) is 5.91 Å². The topological polar surface area (TPSA) is 45.2 Å². The average molecular weight is 371 g/mol. The molecule has 4 heteroatoms. The van der Waals surface area contributed by atoms with Crippen molar-refractivity contribution in [2.75, 3.05) is 16.8 Å². The maximum absolute atomic E-state index is 12.9. The number of carbonyl (C=O) groups excluding carboxylic acids is 1. The summed E-state index contributed by atoms with van der Waals surface area (Å²) in [6.07, 6.45) is 4.48. The van der Waals surface area contributed by atoms with E-state index in [0.717, 1.165) is 36.4 Å². The molecule has 2 heterocycles. The molecule has 0 atom stereocenters. The Morgan fingerprint density at radius 3 is 2.61 bits per heavy atom. The maximum Gasteiger partial charge on any atom is 0.257 e. The number of carbonyl (C=O) groups is 1. The zero-order valence-electron chi connectivity index (χ0n) is 16.4. The van der Waals surface area contributed by atoms with Gasteiger partial charge in [0.2, 0.25) is 0 Å². The molecule has 1 N–H and O–H groups in total. The van der Waals surface area contributed by atoms with Crippen molar-refractivity contribution in [3.8, 4) is 0 Å². The molecule has 142 valence electrons. The summed E-state index contributed by atoms with van der Waals surface area (Å²) in [6.45, 7) is 6.03. The molecule has 0 bridgehead atoms. The molecule has 0 spiro atoms. The Morgan fingerprint density at radius 2 is 1.79 bits per heavy atom. The molecule has 1 amide bonds. The first-order chi connectivity index (χ1) is 13.6. The predicted octanol–water partition coefficient (Wildman–Crippen LogP) is 5.02. The van der Waals surface area contributed by atoms with Crippen LogP contribution in [0.25, 0.3) is 0 Å². The summed E-state index contributed by atoms with van der Waals surface area (Å²) in [6, 6.07) is 18.4. The predicted molar refractivity (Wildman–Crippen MR) is 114 cm³/mol. The van der Waals surface area contributed by atoms with Crippen molar-refractivity contribution in [3.05, 3.63) is 89.2 Å². The van der Waals surface area contributed by atoms with E-state index in [1.165, 1.54) is 11.1 Å². The quantitative estimate of drug-likeness (QED) is 0.700. The molecule has 4 rings (SSSR count). The Kier molecular flexibility index (Phi) is 5.11. The van der Waals surface area contributed by atoms with Crippen LogP contribution >= 0.6 is 0 Å². The van der Waals surface area contributed by atoms with Gasteiger partial charge in [-0.1, -0.05) is 56.3 Å². The smallest absolute Gasteiger partial charge is 0.257 e. The zero-order valence-corrected chi connectivity index (χ0v) is 16.4. The van der Waals surface area contributed by atoms with E-state index >= 15 is 0 Å². The van der Waals surface area contributed by atoms with E-state index in [1.807, 2.05) is 30.5 Å². The molecule has 2 aromatic carbocycles. The molecule has 1 aromatic heterocycles. The Balaban J connectivity index is 1.54. The molecule has 0 radical (unpaired) electrons. The molecule has 0 fully saturated rings. The van der Waals surface area contributed by atoms with Gasteiger partial charge in [-0.25, -0.2) is 0 Å². The lowest BCUT2D eigenvalue weighted by molar-refractivity contribution is 0.102. The van der Waals surface area contributed by atoms with E-state index in [0.29, 0.717) is 11.5 Å². The summed E-state index contributed by atoms with van der Waals surface area (Å²) in [5.41, 5.74) is 6.31. The lowest BCUT2D eigenvalue weighted by Crippen LogP contribution is -2.30. The highest BCUT2D eigenvalue weighted by Gasteiger charge is 2.18. The van der Waals surface area contributed by atoms with E-state index < -0.39 is 0 Å². The summed E-state index contributed by atoms with van der Waals surface area (Å²) < 4.78 is 0. The van der Waals surface area contributed by atoms with Gasteiger partial charge < -0.3 is 10.2 Å². The fourth-order valence-corrected chi connectivity index (χ4v) is 3.75. The minimum atomic E-state index is -0.125. The fraction of sp³-hybridized carbons (Fsp3) is 0.250. The third-order valence-corrected chi connectivity index (χ3v) is 5.31. The normalized spacial score (nSPS) is 13.3. The number of aromatic nitrogens is 1. The molecule has 0 saturated carbocycles. The van der Waals surface area contributed by atoms with Crippen molar-refractivity contribution in [2.24, 2.45) is 0 Å². The first-order valence-corrected chi connectivity index (χ1v) is 9.79. The number of anilines is 2. The van der Waals surface area contributed by atoms with E-state index in [1.54, 1.807) is 6.20 Å². The highest BCUT2D eigenvalue weighted by Crippen LogP contribution is 2.26. The lowest BCUT2D eigenvalue weighted by atomic mass is 9.99. The van der Waals surface area contributed by atoms with E-state index in [4.69, 9.17) is 0 Å². The molecular weight excluding hydrogens is 346 g/mol. The largest absolute Gasteiger partial charge is 0.366 e. The van der Waals surface area contributed by atoms with Crippen LogP contribution in [0.4, 0.5) is 11.4 Å². The van der Waals surface area contributed by atoms with Crippen molar-refractivity contribution < 1.29 is 4.79 Å². The summed E-state index contributed by atoms with van der Waals surface area (Å²) in [5.74, 6) is 0.217. The Labute approximate surface area is 166 Å². The van der Waals surface area contributed by atoms with E-state index in [2.05, 4.69) is 59.4 Å². The molecule has 1 aliphatic heterocycles. The van der Waals surface area contributed by atoms with Gasteiger partial charge in [0.25, 0.3) is 5.91 Å². The minimum absolute atomic E-state index is 0.125. The summed E-state index contributed by atoms with van der Waals surface area (Å²) in [4.78, 5) is 19.5. The van der Waals surface area contributed by atoms with Crippen molar-refractivity contribution in [2.45, 2.75) is 32.7 Å². The van der Waals surface area contributed by atoms with Crippen LogP contribution in [0.5, 0.6) is 0 Å². The molecule has 28 heavy (non-hydrogen) atoms. The van der Waals surface area contributed by atoms with Crippen LogP contribution in [0.1, 0.15) is 46.8 Å². The third-order valence-electron chi connectivity index (χ3n) is 5.31. The molecule has 1 aliphatic rings. The average Bonchev–Trinajstić information content (AvgIpc) is 2.73. The van der Waals surface area contributed by atoms with Crippen molar-refractivity contribution in [3.63, 3.8) is 0 Å². The van der Waals surface area contributed by atoms with Gasteiger partial charge in [0.1, 0.15) is 0 Å². The van der Waals surface area contributed by atoms with Crippen LogP contribution in [0.15, 0.2) is 67.0 Å². The number of pyridine rings is 1. The SMILES string of the molecule is CC(C)c1ccccc1NC(=O)c1cncc(N2CCc3ccccc3C2)c1. The van der Waals surface area contributed by atoms with Crippen LogP contribution in [0, 0.1) is 0 Å². The molecule has 4 nitrogen and oxygen atoms in total. The Bertz CT molecular complexity index is 996. The first-order valence-electron chi connectivity index (χ1n) is 9.79. The van der Waals surface area contributed by atoms with Gasteiger partial charge in [0, 0.05) is 25.0 Å². The number of amides is 1. The monoisotopic (exact) mass is 371 g/mol. The van der Waals surface area contributed by atoms with Crippen molar-refractivity contribution in [1.82, 2.24) is 4.98 Å². The minimum Gasteiger partial charge on any atom is -0.366 e. The summed E-state index contributed by atoms with van der Waals surface area (Å²) >= 11 is 0. The second-order valence-electron chi connectivity index (χ2n) is 7.57. The highest BCUT2D eigenvalue weighted by atomic mass is 16.1. The van der Waals surface area contributed by atoms with Crippen molar-refractivity contribution >= 4 is 17.3 Å². The molecule has 3 aromatic rings. The number of para-hydroxylation sites is 1. The Hall–Kier alpha value is -3.14. The van der Waals surface area contributed by atoms with Gasteiger partial charge in [0.15, 0.2) is 0 Å². The number of rotatable bonds is 4. The second kappa shape index (κ2) is 7.85. The summed E-state index contributed by atoms with van der Waals surface area (Å²) in [7, 11) is 0. The van der Waals surface area contributed by atoms with Gasteiger partial charge in [-0.15, -0.1) is 0 Å². The zero-order chi connectivity index (χ0) is 19.5. The number of benzene rings is 2. The standard InChI is InChI=1S/C24H25N3O/c1-17(2)22-9-5-6-10-23(22)26-24(28)20-13-21(15-25-14-20)27-12-11-18-7-3-4-8-19(18)16-27/h3-10,13-15,17H,11-12,16H2,1-2H3,(H,26,28). The molecule has 0 aliphatic carbocycles. The van der Waals surface area contributed by atoms with Crippen LogP contribution in [0.2, 0.25) is 0 Å². The third kappa shape index (κ3) is 3.77. The van der Waals surface area contributed by atoms with E-state index in [9.17, 15) is 4.79 Å². The first kappa shape index (κ1) is 18.2. The lowest BCUT2D eigenvalue weighted by Gasteiger charge is -2.30.